The SMILES string of the molecule is COc1ccc(N2C(=S)N[C@H](c3ccccn3)[C@H]2c2cc(C)n(-c3cccc(C(=O)O)c3)c2C)cc1. The van der Waals surface area contributed by atoms with Crippen molar-refractivity contribution in [2.45, 2.75) is 25.9 Å². The molecule has 0 aliphatic carbocycles. The molecule has 7 nitrogen and oxygen atoms in total. The van der Waals surface area contributed by atoms with Gasteiger partial charge in [-0.25, -0.2) is 4.79 Å². The highest BCUT2D eigenvalue weighted by Gasteiger charge is 2.42. The topological polar surface area (TPSA) is 79.6 Å². The molecule has 5 rings (SSSR count). The monoisotopic (exact) mass is 498 g/mol. The van der Waals surface area contributed by atoms with Gasteiger partial charge in [0.25, 0.3) is 0 Å². The van der Waals surface area contributed by atoms with Crippen molar-refractivity contribution in [2.24, 2.45) is 0 Å². The number of carboxylic acid groups (broad SMARTS) is 1. The van der Waals surface area contributed by atoms with Crippen LogP contribution in [0.1, 0.15) is 45.1 Å². The predicted molar refractivity (Wildman–Crippen MR) is 143 cm³/mol. The first kappa shape index (κ1) is 23.6. The fourth-order valence-electron chi connectivity index (χ4n) is 4.95. The van der Waals surface area contributed by atoms with Crippen LogP contribution < -0.4 is 15.0 Å². The van der Waals surface area contributed by atoms with E-state index in [-0.39, 0.29) is 17.6 Å². The van der Waals surface area contributed by atoms with Crippen LogP contribution in [-0.4, -0.2) is 32.8 Å². The second kappa shape index (κ2) is 9.47. The molecule has 0 radical (unpaired) electrons. The minimum atomic E-state index is -0.953. The van der Waals surface area contributed by atoms with Crippen molar-refractivity contribution in [1.29, 1.82) is 0 Å². The average Bonchev–Trinajstić information content (AvgIpc) is 3.39. The number of carbonyl (C=O) groups is 1. The van der Waals surface area contributed by atoms with Gasteiger partial charge in [-0.05, 0) is 92.3 Å². The highest BCUT2D eigenvalue weighted by Crippen LogP contribution is 2.44. The summed E-state index contributed by atoms with van der Waals surface area (Å²) in [6, 6.07) is 22.5. The quantitative estimate of drug-likeness (QED) is 0.346. The summed E-state index contributed by atoms with van der Waals surface area (Å²) in [7, 11) is 1.64. The number of nitrogens with zero attached hydrogens (tertiary/aromatic N) is 3. The van der Waals surface area contributed by atoms with Gasteiger partial charge in [0.2, 0.25) is 0 Å². The van der Waals surface area contributed by atoms with E-state index in [9.17, 15) is 9.90 Å². The van der Waals surface area contributed by atoms with Gasteiger partial charge in [0.1, 0.15) is 5.75 Å². The number of aromatic nitrogens is 2. The smallest absolute Gasteiger partial charge is 0.335 e. The number of pyridine rings is 1. The largest absolute Gasteiger partial charge is 0.497 e. The summed E-state index contributed by atoms with van der Waals surface area (Å²) in [5.41, 5.74) is 5.95. The first-order chi connectivity index (χ1) is 17.4. The Hall–Kier alpha value is -4.17. The highest BCUT2D eigenvalue weighted by molar-refractivity contribution is 7.80. The summed E-state index contributed by atoms with van der Waals surface area (Å²) in [5, 5.41) is 13.6. The first-order valence-electron chi connectivity index (χ1n) is 11.6. The van der Waals surface area contributed by atoms with Gasteiger partial charge in [-0.2, -0.15) is 0 Å². The van der Waals surface area contributed by atoms with Crippen molar-refractivity contribution in [2.75, 3.05) is 12.0 Å². The van der Waals surface area contributed by atoms with Crippen molar-refractivity contribution >= 4 is 29.0 Å². The maximum atomic E-state index is 11.6. The number of benzene rings is 2. The van der Waals surface area contributed by atoms with Crippen molar-refractivity contribution in [3.63, 3.8) is 0 Å². The molecule has 1 aliphatic rings. The molecular formula is C28H26N4O3S. The Labute approximate surface area is 215 Å². The van der Waals surface area contributed by atoms with Crippen molar-refractivity contribution in [3.8, 4) is 11.4 Å². The maximum Gasteiger partial charge on any atom is 0.335 e. The Morgan fingerprint density at radius 2 is 1.81 bits per heavy atom. The predicted octanol–water partition coefficient (Wildman–Crippen LogP) is 5.37. The normalized spacial score (nSPS) is 17.2. The van der Waals surface area contributed by atoms with E-state index in [0.29, 0.717) is 5.11 Å². The number of hydrogen-bond acceptors (Lipinski definition) is 4. The first-order valence-corrected chi connectivity index (χ1v) is 12.0. The van der Waals surface area contributed by atoms with E-state index in [1.165, 1.54) is 0 Å². The highest BCUT2D eigenvalue weighted by atomic mass is 32.1. The number of anilines is 1. The molecule has 0 unspecified atom stereocenters. The van der Waals surface area contributed by atoms with Gasteiger partial charge < -0.3 is 24.6 Å². The number of ether oxygens (including phenoxy) is 1. The van der Waals surface area contributed by atoms with E-state index in [1.54, 1.807) is 31.5 Å². The third-order valence-corrected chi connectivity index (χ3v) is 6.90. The second-order valence-corrected chi connectivity index (χ2v) is 9.10. The van der Waals surface area contributed by atoms with E-state index in [0.717, 1.165) is 39.8 Å². The van der Waals surface area contributed by atoms with Crippen LogP contribution in [0.2, 0.25) is 0 Å². The van der Waals surface area contributed by atoms with Gasteiger partial charge in [0.05, 0.1) is 30.5 Å². The van der Waals surface area contributed by atoms with E-state index >= 15 is 0 Å². The molecule has 36 heavy (non-hydrogen) atoms. The number of aryl methyl sites for hydroxylation is 1. The lowest BCUT2D eigenvalue weighted by molar-refractivity contribution is 0.0697. The Morgan fingerprint density at radius 3 is 2.47 bits per heavy atom. The number of hydrogen-bond donors (Lipinski definition) is 2. The van der Waals surface area contributed by atoms with Crippen LogP contribution in [0.3, 0.4) is 0 Å². The zero-order valence-corrected chi connectivity index (χ0v) is 21.0. The van der Waals surface area contributed by atoms with Gasteiger partial charge >= 0.3 is 5.97 Å². The van der Waals surface area contributed by atoms with Crippen molar-refractivity contribution in [1.82, 2.24) is 14.9 Å². The lowest BCUT2D eigenvalue weighted by atomic mass is 9.96. The molecule has 2 aromatic carbocycles. The molecule has 0 saturated carbocycles. The molecule has 3 heterocycles. The van der Waals surface area contributed by atoms with Crippen LogP contribution in [-0.2, 0) is 0 Å². The van der Waals surface area contributed by atoms with E-state index in [1.807, 2.05) is 55.5 Å². The zero-order valence-electron chi connectivity index (χ0n) is 20.2. The van der Waals surface area contributed by atoms with Gasteiger partial charge in [-0.1, -0.05) is 12.1 Å². The van der Waals surface area contributed by atoms with E-state index in [4.69, 9.17) is 17.0 Å². The number of rotatable bonds is 6. The molecule has 1 fully saturated rings. The van der Waals surface area contributed by atoms with Crippen molar-refractivity contribution < 1.29 is 14.6 Å². The maximum absolute atomic E-state index is 11.6. The van der Waals surface area contributed by atoms with Crippen LogP contribution in [0, 0.1) is 13.8 Å². The average molecular weight is 499 g/mol. The van der Waals surface area contributed by atoms with Gasteiger partial charge in [0.15, 0.2) is 5.11 Å². The molecular weight excluding hydrogens is 472 g/mol. The number of thiocarbonyl (C=S) groups is 1. The van der Waals surface area contributed by atoms with E-state index in [2.05, 4.69) is 32.8 Å². The lowest BCUT2D eigenvalue weighted by Gasteiger charge is -2.28. The summed E-state index contributed by atoms with van der Waals surface area (Å²) >= 11 is 5.84. The molecule has 8 heteroatoms. The zero-order chi connectivity index (χ0) is 25.4. The molecule has 2 N–H and O–H groups in total. The Kier molecular flexibility index (Phi) is 6.20. The van der Waals surface area contributed by atoms with Gasteiger partial charge in [-0.15, -0.1) is 0 Å². The fraction of sp³-hybridized carbons (Fsp3) is 0.179. The molecule has 1 saturated heterocycles. The summed E-state index contributed by atoms with van der Waals surface area (Å²) in [5.74, 6) is -0.183. The number of carboxylic acids is 1. The van der Waals surface area contributed by atoms with E-state index < -0.39 is 5.97 Å². The van der Waals surface area contributed by atoms with Crippen LogP contribution in [0.15, 0.2) is 79.0 Å². The van der Waals surface area contributed by atoms with Crippen LogP contribution in [0.4, 0.5) is 5.69 Å². The van der Waals surface area contributed by atoms with Gasteiger partial charge in [-0.3, -0.25) is 4.98 Å². The second-order valence-electron chi connectivity index (χ2n) is 8.71. The molecule has 1 aliphatic heterocycles. The number of aromatic carboxylic acids is 1. The number of nitrogens with one attached hydrogen (secondary N) is 1. The molecule has 0 amide bonds. The molecule has 0 bridgehead atoms. The Morgan fingerprint density at radius 1 is 1.03 bits per heavy atom. The third-order valence-electron chi connectivity index (χ3n) is 6.59. The Balaban J connectivity index is 1.66. The summed E-state index contributed by atoms with van der Waals surface area (Å²) < 4.78 is 7.44. The van der Waals surface area contributed by atoms with Crippen molar-refractivity contribution in [3.05, 3.63) is 107 Å². The third kappa shape index (κ3) is 4.09. The summed E-state index contributed by atoms with van der Waals surface area (Å²) in [6.45, 7) is 4.08. The minimum absolute atomic E-state index is 0.177. The molecule has 0 spiro atoms. The Bertz CT molecular complexity index is 1430. The molecule has 4 aromatic rings. The van der Waals surface area contributed by atoms with Crippen LogP contribution in [0.25, 0.3) is 5.69 Å². The van der Waals surface area contributed by atoms with Gasteiger partial charge in [0, 0.05) is 29.0 Å². The fourth-order valence-corrected chi connectivity index (χ4v) is 5.30. The summed E-state index contributed by atoms with van der Waals surface area (Å²) in [6.07, 6.45) is 1.79. The van der Waals surface area contributed by atoms with Crippen LogP contribution >= 0.6 is 12.2 Å². The summed E-state index contributed by atoms with van der Waals surface area (Å²) in [4.78, 5) is 18.3. The van der Waals surface area contributed by atoms with Crippen LogP contribution in [0.5, 0.6) is 5.75 Å². The lowest BCUT2D eigenvalue weighted by Crippen LogP contribution is -2.29. The molecule has 2 aromatic heterocycles. The molecule has 2 atom stereocenters. The molecule has 182 valence electrons. The minimum Gasteiger partial charge on any atom is -0.497 e. The number of methoxy groups -OCH3 is 1. The standard InChI is InChI=1S/C28H26N4O3S/c1-17-15-23(18(2)31(17)21-8-6-7-19(16-21)27(33)34)26-25(24-9-4-5-14-29-24)30-28(36)32(26)20-10-12-22(35-3)13-11-20/h4-16,25-26H,1-3H3,(H,30,36)(H,33,34)/t25-,26-/m1/s1.